The van der Waals surface area contributed by atoms with E-state index in [1.807, 2.05) is 6.07 Å². The van der Waals surface area contributed by atoms with Crippen LogP contribution in [0.25, 0.3) is 21.8 Å². The molecule has 3 aromatic rings. The molecule has 0 atom stereocenters. The van der Waals surface area contributed by atoms with Crippen molar-refractivity contribution in [2.75, 3.05) is 7.11 Å². The molecule has 0 spiro atoms. The number of phenols is 1. The van der Waals surface area contributed by atoms with Crippen LogP contribution in [-0.2, 0) is 0 Å². The van der Waals surface area contributed by atoms with Crippen molar-refractivity contribution in [3.8, 4) is 11.5 Å². The van der Waals surface area contributed by atoms with Crippen molar-refractivity contribution < 1.29 is 19.4 Å². The fraction of sp³-hybridized carbons (Fsp3) is 0.0667. The van der Waals surface area contributed by atoms with Crippen molar-refractivity contribution in [3.63, 3.8) is 0 Å². The van der Waals surface area contributed by atoms with E-state index in [0.29, 0.717) is 28.6 Å². The van der Waals surface area contributed by atoms with Gasteiger partial charge in [-0.25, -0.2) is 0 Å². The third kappa shape index (κ3) is 1.56. The summed E-state index contributed by atoms with van der Waals surface area (Å²) in [6.45, 7) is 0. The molecule has 20 heavy (non-hydrogen) atoms. The minimum absolute atomic E-state index is 0.0984. The summed E-state index contributed by atoms with van der Waals surface area (Å²) < 4.78 is 5.15. The molecule has 100 valence electrons. The van der Waals surface area contributed by atoms with Crippen molar-refractivity contribution >= 4 is 34.4 Å². The van der Waals surface area contributed by atoms with Gasteiger partial charge in [-0.2, -0.15) is 0 Å². The topological polar surface area (TPSA) is 79.4 Å². The molecule has 0 amide bonds. The molecule has 3 rings (SSSR count). The summed E-state index contributed by atoms with van der Waals surface area (Å²) in [6, 6.07) is 6.58. The maximum absolute atomic E-state index is 11.3. The zero-order valence-electron chi connectivity index (χ0n) is 10.6. The zero-order chi connectivity index (χ0) is 14.3. The molecular weight excluding hydrogens is 258 g/mol. The molecular formula is C15H11NO4. The lowest BCUT2D eigenvalue weighted by Crippen LogP contribution is -1.91. The first-order valence-corrected chi connectivity index (χ1v) is 5.95. The second-order valence-electron chi connectivity index (χ2n) is 4.42. The van der Waals surface area contributed by atoms with Gasteiger partial charge < -0.3 is 14.8 Å². The van der Waals surface area contributed by atoms with Crippen LogP contribution >= 0.6 is 0 Å². The predicted molar refractivity (Wildman–Crippen MR) is 74.8 cm³/mol. The third-order valence-corrected chi connectivity index (χ3v) is 3.39. The molecule has 0 bridgehead atoms. The van der Waals surface area contributed by atoms with E-state index in [-0.39, 0.29) is 11.3 Å². The van der Waals surface area contributed by atoms with E-state index < -0.39 is 0 Å². The Labute approximate surface area is 113 Å². The Morgan fingerprint density at radius 2 is 1.95 bits per heavy atom. The summed E-state index contributed by atoms with van der Waals surface area (Å²) in [5.41, 5.74) is 1.89. The first-order valence-electron chi connectivity index (χ1n) is 5.95. The number of methoxy groups -OCH3 is 1. The number of nitrogens with one attached hydrogen (secondary N) is 1. The average molecular weight is 269 g/mol. The number of carbonyl (C=O) groups is 2. The summed E-state index contributed by atoms with van der Waals surface area (Å²) in [4.78, 5) is 25.2. The predicted octanol–water partition coefficient (Wildman–Crippen LogP) is 2.66. The van der Waals surface area contributed by atoms with Crippen molar-refractivity contribution in [1.82, 2.24) is 4.98 Å². The van der Waals surface area contributed by atoms with Gasteiger partial charge in [0.1, 0.15) is 11.5 Å². The largest absolute Gasteiger partial charge is 0.507 e. The van der Waals surface area contributed by atoms with Gasteiger partial charge >= 0.3 is 0 Å². The number of H-pyrrole nitrogens is 1. The van der Waals surface area contributed by atoms with Gasteiger partial charge in [0.25, 0.3) is 0 Å². The van der Waals surface area contributed by atoms with E-state index in [1.165, 1.54) is 13.2 Å². The fourth-order valence-electron chi connectivity index (χ4n) is 2.41. The van der Waals surface area contributed by atoms with E-state index in [9.17, 15) is 14.7 Å². The number of phenolic OH excluding ortho intramolecular Hbond substituents is 1. The molecule has 0 aliphatic rings. The number of aromatic nitrogens is 1. The highest BCUT2D eigenvalue weighted by atomic mass is 16.5. The number of rotatable bonds is 3. The van der Waals surface area contributed by atoms with Crippen LogP contribution in [0.4, 0.5) is 0 Å². The fourth-order valence-corrected chi connectivity index (χ4v) is 2.41. The summed E-state index contributed by atoms with van der Waals surface area (Å²) in [5.74, 6) is 0.373. The first kappa shape index (κ1) is 12.2. The van der Waals surface area contributed by atoms with Crippen LogP contribution < -0.4 is 4.74 Å². The molecule has 0 saturated heterocycles. The average Bonchev–Trinajstić information content (AvgIpc) is 2.82. The van der Waals surface area contributed by atoms with Gasteiger partial charge in [0, 0.05) is 16.8 Å². The SMILES string of the molecule is COc1ccc2c([nH]c3cc(O)c(C=O)cc32)c1C=O. The number of fused-ring (bicyclic) bond motifs is 3. The number of aromatic amines is 1. The van der Waals surface area contributed by atoms with Gasteiger partial charge in [-0.05, 0) is 18.2 Å². The van der Waals surface area contributed by atoms with Crippen LogP contribution in [0.2, 0.25) is 0 Å². The first-order chi connectivity index (χ1) is 9.69. The Kier molecular flexibility index (Phi) is 2.68. The zero-order valence-corrected chi connectivity index (χ0v) is 10.6. The molecule has 0 fully saturated rings. The van der Waals surface area contributed by atoms with Gasteiger partial charge in [0.05, 0.1) is 29.3 Å². The monoisotopic (exact) mass is 269 g/mol. The Morgan fingerprint density at radius 3 is 2.60 bits per heavy atom. The number of aldehydes is 2. The molecule has 2 aromatic carbocycles. The molecule has 2 N–H and O–H groups in total. The number of benzene rings is 2. The Hall–Kier alpha value is -2.82. The third-order valence-electron chi connectivity index (χ3n) is 3.39. The summed E-state index contributed by atoms with van der Waals surface area (Å²) in [5, 5.41) is 11.3. The maximum atomic E-state index is 11.3. The highest BCUT2D eigenvalue weighted by Gasteiger charge is 2.14. The van der Waals surface area contributed by atoms with Gasteiger partial charge in [-0.3, -0.25) is 9.59 Å². The molecule has 5 nitrogen and oxygen atoms in total. The lowest BCUT2D eigenvalue weighted by Gasteiger charge is -2.03. The smallest absolute Gasteiger partial charge is 0.155 e. The van der Waals surface area contributed by atoms with Crippen LogP contribution in [0.15, 0.2) is 24.3 Å². The highest BCUT2D eigenvalue weighted by Crippen LogP contribution is 2.34. The molecule has 0 unspecified atom stereocenters. The van der Waals surface area contributed by atoms with Gasteiger partial charge in [0.15, 0.2) is 12.6 Å². The van der Waals surface area contributed by atoms with Gasteiger partial charge in [-0.15, -0.1) is 0 Å². The maximum Gasteiger partial charge on any atom is 0.155 e. The number of aromatic hydroxyl groups is 1. The number of hydrogen-bond donors (Lipinski definition) is 2. The van der Waals surface area contributed by atoms with Crippen LogP contribution in [0.1, 0.15) is 20.7 Å². The van der Waals surface area contributed by atoms with Crippen LogP contribution in [0.3, 0.4) is 0 Å². The van der Waals surface area contributed by atoms with Crippen molar-refractivity contribution in [3.05, 3.63) is 35.4 Å². The molecule has 5 heteroatoms. The standard InChI is InChI=1S/C15H11NO4/c1-20-14-3-2-9-10-4-8(6-17)13(19)5-12(10)16-15(9)11(14)7-18/h2-7,16,19H,1H3. The minimum Gasteiger partial charge on any atom is -0.507 e. The summed E-state index contributed by atoms with van der Waals surface area (Å²) in [7, 11) is 1.49. The summed E-state index contributed by atoms with van der Waals surface area (Å²) in [6.07, 6.45) is 1.31. The van der Waals surface area contributed by atoms with Gasteiger partial charge in [-0.1, -0.05) is 0 Å². The number of hydrogen-bond acceptors (Lipinski definition) is 4. The molecule has 1 aromatic heterocycles. The second kappa shape index (κ2) is 4.38. The Morgan fingerprint density at radius 1 is 1.15 bits per heavy atom. The van der Waals surface area contributed by atoms with Crippen LogP contribution in [-0.4, -0.2) is 29.8 Å². The Balaban J connectivity index is 2.48. The van der Waals surface area contributed by atoms with Crippen molar-refractivity contribution in [2.24, 2.45) is 0 Å². The number of carbonyl (C=O) groups excluding carboxylic acids is 2. The number of ether oxygens (including phenoxy) is 1. The molecule has 0 saturated carbocycles. The van der Waals surface area contributed by atoms with Crippen molar-refractivity contribution in [2.45, 2.75) is 0 Å². The van der Waals surface area contributed by atoms with E-state index in [0.717, 1.165) is 17.1 Å². The highest BCUT2D eigenvalue weighted by molar-refractivity contribution is 6.14. The molecule has 0 radical (unpaired) electrons. The summed E-state index contributed by atoms with van der Waals surface area (Å²) >= 11 is 0. The lowest BCUT2D eigenvalue weighted by molar-refractivity contribution is 0.111. The minimum atomic E-state index is -0.0984. The van der Waals surface area contributed by atoms with E-state index in [2.05, 4.69) is 4.98 Å². The molecule has 1 heterocycles. The van der Waals surface area contributed by atoms with E-state index in [4.69, 9.17) is 4.74 Å². The Bertz CT molecular complexity index is 848. The second-order valence-corrected chi connectivity index (χ2v) is 4.42. The van der Waals surface area contributed by atoms with Gasteiger partial charge in [0.2, 0.25) is 0 Å². The van der Waals surface area contributed by atoms with Crippen LogP contribution in [0.5, 0.6) is 11.5 Å². The quantitative estimate of drug-likeness (QED) is 0.716. The molecule has 0 aliphatic carbocycles. The lowest BCUT2D eigenvalue weighted by atomic mass is 10.1. The van der Waals surface area contributed by atoms with E-state index >= 15 is 0 Å². The van der Waals surface area contributed by atoms with E-state index in [1.54, 1.807) is 12.1 Å². The van der Waals surface area contributed by atoms with Crippen molar-refractivity contribution in [1.29, 1.82) is 0 Å². The molecule has 0 aliphatic heterocycles. The normalized spacial score (nSPS) is 10.8. The van der Waals surface area contributed by atoms with Crippen LogP contribution in [0, 0.1) is 0 Å².